The zero-order valence-corrected chi connectivity index (χ0v) is 25.4. The minimum absolute atomic E-state index is 0.00676. The molecule has 0 radical (unpaired) electrons. The number of carbonyl (C=O) groups excluding carboxylic acids is 2. The second-order valence-corrected chi connectivity index (χ2v) is 12.3. The van der Waals surface area contributed by atoms with Crippen molar-refractivity contribution < 1.29 is 36.3 Å². The molecule has 0 aromatic heterocycles. The van der Waals surface area contributed by atoms with E-state index in [0.717, 1.165) is 17.7 Å². The second-order valence-electron chi connectivity index (χ2n) is 12.3. The molecule has 6 nitrogen and oxygen atoms in total. The van der Waals surface area contributed by atoms with E-state index in [1.54, 1.807) is 45.1 Å². The Hall–Kier alpha value is -3.76. The zero-order valence-electron chi connectivity index (χ0n) is 25.4. The minimum Gasteiger partial charge on any atom is -0.472 e. The number of hydrogen-bond donors (Lipinski definition) is 2. The van der Waals surface area contributed by atoms with E-state index >= 15 is 0 Å². The van der Waals surface area contributed by atoms with Crippen LogP contribution in [0.4, 0.5) is 22.0 Å². The molecule has 4 atom stereocenters. The third-order valence-electron chi connectivity index (χ3n) is 7.63. The van der Waals surface area contributed by atoms with Crippen molar-refractivity contribution in [3.63, 3.8) is 0 Å². The van der Waals surface area contributed by atoms with Crippen LogP contribution < -0.4 is 10.6 Å². The maximum atomic E-state index is 14.9. The Kier molecular flexibility index (Phi) is 9.85. The van der Waals surface area contributed by atoms with Gasteiger partial charge in [-0.2, -0.15) is 13.2 Å². The molecule has 0 spiro atoms. The SMILES string of the molecule is CCC(OC1=NC(CCC(F)(F)F)=C(c2cc(F)cc(C(=O)NC(C)(C)C)c2)CC1CC(=O)NC)C1=CC=C2C(F)[C@@H]2C=C1. The molecule has 1 aromatic rings. The number of nitrogens with one attached hydrogen (secondary N) is 2. The third-order valence-corrected chi connectivity index (χ3v) is 7.63. The van der Waals surface area contributed by atoms with Gasteiger partial charge in [0.25, 0.3) is 5.91 Å². The Morgan fingerprint density at radius 3 is 2.50 bits per heavy atom. The normalized spacial score (nSPS) is 22.2. The Labute approximate surface area is 254 Å². The number of rotatable bonds is 9. The molecule has 1 saturated carbocycles. The van der Waals surface area contributed by atoms with Gasteiger partial charge in [-0.1, -0.05) is 31.2 Å². The summed E-state index contributed by atoms with van der Waals surface area (Å²) in [5.74, 6) is -2.46. The number of hydrogen-bond acceptors (Lipinski definition) is 4. The summed E-state index contributed by atoms with van der Waals surface area (Å²) in [6, 6.07) is 3.65. The first kappa shape index (κ1) is 33.1. The highest BCUT2D eigenvalue weighted by molar-refractivity contribution is 5.96. The van der Waals surface area contributed by atoms with Crippen molar-refractivity contribution in [1.82, 2.24) is 10.6 Å². The van der Waals surface area contributed by atoms with E-state index in [9.17, 15) is 31.5 Å². The number of amides is 2. The van der Waals surface area contributed by atoms with Gasteiger partial charge in [0.1, 0.15) is 18.1 Å². The predicted octanol–water partition coefficient (Wildman–Crippen LogP) is 7.15. The molecule has 4 rings (SSSR count). The average molecular weight is 620 g/mol. The first-order chi connectivity index (χ1) is 20.6. The highest BCUT2D eigenvalue weighted by Gasteiger charge is 2.43. The van der Waals surface area contributed by atoms with Crippen LogP contribution in [0.2, 0.25) is 0 Å². The van der Waals surface area contributed by atoms with Crippen LogP contribution in [-0.2, 0) is 9.53 Å². The van der Waals surface area contributed by atoms with Crippen molar-refractivity contribution in [1.29, 1.82) is 0 Å². The molecule has 3 unspecified atom stereocenters. The number of allylic oxidation sites excluding steroid dienone is 6. The van der Waals surface area contributed by atoms with Crippen molar-refractivity contribution in [2.24, 2.45) is 16.8 Å². The molecule has 44 heavy (non-hydrogen) atoms. The molecule has 1 fully saturated rings. The fourth-order valence-electron chi connectivity index (χ4n) is 5.30. The van der Waals surface area contributed by atoms with E-state index in [2.05, 4.69) is 15.6 Å². The quantitative estimate of drug-likeness (QED) is 0.288. The van der Waals surface area contributed by atoms with Crippen molar-refractivity contribution in [2.75, 3.05) is 7.05 Å². The van der Waals surface area contributed by atoms with Crippen LogP contribution in [0.25, 0.3) is 5.57 Å². The van der Waals surface area contributed by atoms with Gasteiger partial charge in [-0.05, 0) is 80.5 Å². The number of carbonyl (C=O) groups is 2. The van der Waals surface area contributed by atoms with Gasteiger partial charge in [-0.3, -0.25) is 9.59 Å². The summed E-state index contributed by atoms with van der Waals surface area (Å²) in [5.41, 5.74) is 1.37. The van der Waals surface area contributed by atoms with Crippen LogP contribution in [0.5, 0.6) is 0 Å². The van der Waals surface area contributed by atoms with Crippen LogP contribution in [0, 0.1) is 17.7 Å². The highest BCUT2D eigenvalue weighted by Crippen LogP contribution is 2.44. The van der Waals surface area contributed by atoms with E-state index < -0.39 is 54.5 Å². The lowest BCUT2D eigenvalue weighted by molar-refractivity contribution is -0.134. The minimum atomic E-state index is -4.49. The molecule has 1 heterocycles. The van der Waals surface area contributed by atoms with E-state index in [1.807, 2.05) is 6.92 Å². The van der Waals surface area contributed by atoms with Gasteiger partial charge in [-0.25, -0.2) is 13.8 Å². The largest absolute Gasteiger partial charge is 0.472 e. The van der Waals surface area contributed by atoms with Gasteiger partial charge in [0.2, 0.25) is 5.91 Å². The fourth-order valence-corrected chi connectivity index (χ4v) is 5.30. The molecule has 3 aliphatic rings. The number of halogens is 5. The summed E-state index contributed by atoms with van der Waals surface area (Å²) in [7, 11) is 1.47. The molecule has 2 amide bonds. The molecule has 1 aromatic carbocycles. The van der Waals surface area contributed by atoms with E-state index in [1.165, 1.54) is 13.1 Å². The van der Waals surface area contributed by atoms with Gasteiger partial charge in [0, 0.05) is 48.5 Å². The molecular weight excluding hydrogens is 581 g/mol. The van der Waals surface area contributed by atoms with E-state index in [4.69, 9.17) is 4.74 Å². The predicted molar refractivity (Wildman–Crippen MR) is 159 cm³/mol. The summed E-state index contributed by atoms with van der Waals surface area (Å²) < 4.78 is 75.3. The fraction of sp³-hybridized carbons (Fsp3) is 0.485. The van der Waals surface area contributed by atoms with Crippen LogP contribution in [-0.4, -0.2) is 48.8 Å². The van der Waals surface area contributed by atoms with Gasteiger partial charge in [-0.15, -0.1) is 0 Å². The molecule has 1 aliphatic heterocycles. The Morgan fingerprint density at radius 2 is 1.86 bits per heavy atom. The Balaban J connectivity index is 1.77. The molecule has 11 heteroatoms. The second kappa shape index (κ2) is 13.1. The van der Waals surface area contributed by atoms with Crippen LogP contribution in [0.3, 0.4) is 0 Å². The lowest BCUT2D eigenvalue weighted by Gasteiger charge is -2.30. The summed E-state index contributed by atoms with van der Waals surface area (Å²) in [4.78, 5) is 30.0. The van der Waals surface area contributed by atoms with Gasteiger partial charge >= 0.3 is 6.18 Å². The van der Waals surface area contributed by atoms with Crippen molar-refractivity contribution in [2.45, 2.75) is 83.8 Å². The summed E-state index contributed by atoms with van der Waals surface area (Å²) in [6.45, 7) is 7.18. The zero-order chi connectivity index (χ0) is 32.4. The maximum Gasteiger partial charge on any atom is 0.389 e. The summed E-state index contributed by atoms with van der Waals surface area (Å²) >= 11 is 0. The lowest BCUT2D eigenvalue weighted by atomic mass is 9.86. The van der Waals surface area contributed by atoms with E-state index in [-0.39, 0.29) is 47.4 Å². The van der Waals surface area contributed by atoms with Gasteiger partial charge in [0.15, 0.2) is 5.90 Å². The number of aliphatic imine (C=N–C) groups is 1. The van der Waals surface area contributed by atoms with Crippen LogP contribution >= 0.6 is 0 Å². The van der Waals surface area contributed by atoms with Crippen LogP contribution in [0.15, 0.2) is 64.3 Å². The lowest BCUT2D eigenvalue weighted by Crippen LogP contribution is -2.40. The Bertz CT molecular complexity index is 1450. The molecule has 2 N–H and O–H groups in total. The number of benzene rings is 1. The highest BCUT2D eigenvalue weighted by atomic mass is 19.4. The number of nitrogens with zero attached hydrogens (tertiary/aromatic N) is 1. The van der Waals surface area contributed by atoms with E-state index in [0.29, 0.717) is 17.6 Å². The molecule has 238 valence electrons. The monoisotopic (exact) mass is 619 g/mol. The van der Waals surface area contributed by atoms with Crippen molar-refractivity contribution >= 4 is 23.3 Å². The molecule has 0 saturated heterocycles. The van der Waals surface area contributed by atoms with Crippen LogP contribution in [0.1, 0.15) is 75.7 Å². The average Bonchev–Trinajstić information content (AvgIpc) is 3.62. The standard InChI is InChI=1S/C33H38F5N3O3/c1-6-27(18-7-9-23-24(10-8-18)29(23)35)44-31-21(17-28(42)39-5)16-25(26(40-31)11-12-33(36,37)38)19-13-20(15-22(34)14-19)30(43)41-32(2,3)4/h7-10,13-15,21,23,27,29H,6,11-12,16-17H2,1-5H3,(H,39,42)(H,41,43)/t21?,23-,27?,29?/m1/s1. The summed E-state index contributed by atoms with van der Waals surface area (Å²) in [5, 5.41) is 5.32. The van der Waals surface area contributed by atoms with Crippen molar-refractivity contribution in [3.05, 3.63) is 76.3 Å². The number of ether oxygens (including phenoxy) is 1. The topological polar surface area (TPSA) is 79.8 Å². The number of fused-ring (bicyclic) bond motifs is 1. The molecular formula is C33H38F5N3O3. The molecule has 2 aliphatic carbocycles. The first-order valence-electron chi connectivity index (χ1n) is 14.7. The van der Waals surface area contributed by atoms with Crippen molar-refractivity contribution in [3.8, 4) is 0 Å². The summed E-state index contributed by atoms with van der Waals surface area (Å²) in [6.07, 6.45) is -0.295. The smallest absolute Gasteiger partial charge is 0.389 e. The maximum absolute atomic E-state index is 14.9. The van der Waals surface area contributed by atoms with Gasteiger partial charge < -0.3 is 15.4 Å². The first-order valence-corrected chi connectivity index (χ1v) is 14.7. The Morgan fingerprint density at radius 1 is 1.14 bits per heavy atom. The van der Waals surface area contributed by atoms with Gasteiger partial charge in [0.05, 0.1) is 0 Å². The molecule has 0 bridgehead atoms. The number of alkyl halides is 4. The third kappa shape index (κ3) is 8.45.